The first-order chi connectivity index (χ1) is 58.4. The number of aryl methyl sites for hydroxylation is 3. The third-order valence-corrected chi connectivity index (χ3v) is 29.0. The third-order valence-electron chi connectivity index (χ3n) is 20.4. The SMILES string of the molecule is Cc1cn([C@H]2CC(OP([O-])(=S)OC[C@H]3O[C@@H](n4cnc5c(N)ncnc54)CC3OP([O-])(=S)OC[C@H]3O[C@@H](n4cc(C)c(=O)[nH]c4=O)CC3OP([O-])(=S)OC[C@H]3O[C@@H](n4cc(C)c(=O)[nH]c4=O)CC3OP([O-])(O)=S)[C@@H](COP(=O)([S-])OC3C[C@H](n4cnc5c(N)ncnc54)O[C@@H]3COP([O-])(=S)OC3C[C@H](n4cnc5c(=O)[nH]c(N)nc54)O[C@@H]3C)O2)c(=O)nc1N. The Morgan fingerprint density at radius 1 is 0.435 bits per heavy atom. The Bertz CT molecular complexity index is 6280. The minimum Gasteiger partial charge on any atom is -0.780 e. The summed E-state index contributed by atoms with van der Waals surface area (Å²) in [5.41, 5.74) is 20.4. The van der Waals surface area contributed by atoms with Gasteiger partial charge in [-0.1, -0.05) is 59.0 Å². The van der Waals surface area contributed by atoms with Crippen molar-refractivity contribution in [3.63, 3.8) is 0 Å². The molecule has 0 aliphatic carbocycles. The molecule has 674 valence electrons. The number of H-pyrrole nitrogens is 3. The van der Waals surface area contributed by atoms with Crippen molar-refractivity contribution in [3.8, 4) is 0 Å². The molecule has 6 fully saturated rings. The van der Waals surface area contributed by atoms with Gasteiger partial charge in [-0.15, -0.1) is 0 Å². The van der Waals surface area contributed by atoms with Crippen LogP contribution in [0.1, 0.15) is 99.5 Å². The van der Waals surface area contributed by atoms with Gasteiger partial charge in [0.2, 0.25) is 5.95 Å². The number of nitrogens with zero attached hydrogens (tertiary/aromatic N) is 15. The van der Waals surface area contributed by atoms with E-state index in [1.807, 2.05) is 0 Å². The monoisotopic (exact) mass is 1960 g/mol. The van der Waals surface area contributed by atoms with Crippen LogP contribution in [-0.2, 0) is 154 Å². The number of nitrogens with two attached hydrogens (primary N) is 4. The fraction of sp³-hybridized carbons (Fsp3) is 0.550. The van der Waals surface area contributed by atoms with Gasteiger partial charge in [0.25, 0.3) is 16.7 Å². The van der Waals surface area contributed by atoms with Crippen molar-refractivity contribution in [1.29, 1.82) is 0 Å². The standard InChI is InChI=1S/C60H78N22O30P6S6/c1-24-11-77(58(86)72-48(24)61)40-7-30(35(103-40)15-98-117(94,123)111-32-9-43(80-21-69-45-49(62)65-19-67-51(45)80)105-37(32)17-96-114(91,120)108-28-5-42(101-27(28)4)82-23-71-47-53(82)73-57(64)74-56(47)85)109-116(93,122)100-18-38-33(10-44(106-38)81-22-70-46-50(63)66-20-68-52(46)81)112-118(95,124)99-16-36-31(8-41(104-36)79-13-26(3)55(84)76-60(79)88)110-115(92,121)97-14-34-29(107-113(89,90)119)6-39(102-34)78-12-25(2)54(83)75-59(78)87/h11-13,19-23,27-44H,5-10,14-18H2,1-4H3,(H,91,120)(H,92,121)(H,93,122)(H,94,123)(H,95,124)(H2,61,72,86)(H2,62,65,67)(H2,63,66,68)(H,75,83,87)(H,76,84,88)(H2,89,90,119)(H3,64,73,74,85)/p-6/t27-,28?,29?,30?,31?,32?,33?,34-,35-,36-,37-,38-,39-,40-,41-,42-,43-,44-,114?,115?,116?,117?,118?/m1/s1. The average Bonchev–Trinajstić information content (AvgIpc) is 1.63. The molecule has 124 heavy (non-hydrogen) atoms. The van der Waals surface area contributed by atoms with E-state index in [2.05, 4.69) is 71.6 Å². The van der Waals surface area contributed by atoms with Crippen molar-refractivity contribution in [2.45, 2.75) is 177 Å². The maximum atomic E-state index is 14.9. The Hall–Kier alpha value is -6.20. The summed E-state index contributed by atoms with van der Waals surface area (Å²) >= 11 is 31.9. The van der Waals surface area contributed by atoms with Crippen LogP contribution >= 0.6 is 40.4 Å². The maximum absolute atomic E-state index is 14.9. The Labute approximate surface area is 725 Å². The number of anilines is 4. The Morgan fingerprint density at radius 2 is 0.782 bits per heavy atom. The number of hydrogen-bond acceptors (Lipinski definition) is 48. The predicted molar refractivity (Wildman–Crippen MR) is 436 cm³/mol. The molecule has 0 spiro atoms. The van der Waals surface area contributed by atoms with Crippen molar-refractivity contribution < 1.29 is 112 Å². The maximum Gasteiger partial charge on any atom is 0.351 e. The molecule has 6 aliphatic heterocycles. The third kappa shape index (κ3) is 21.1. The zero-order valence-electron chi connectivity index (χ0n) is 64.2. The van der Waals surface area contributed by atoms with Gasteiger partial charge in [0.1, 0.15) is 131 Å². The van der Waals surface area contributed by atoms with Gasteiger partial charge in [-0.05, 0) is 27.7 Å². The molecule has 9 aromatic rings. The smallest absolute Gasteiger partial charge is 0.351 e. The van der Waals surface area contributed by atoms with Crippen LogP contribution in [0.25, 0.3) is 33.5 Å². The largest absolute Gasteiger partial charge is 0.780 e. The Kier molecular flexibility index (Phi) is 27.3. The summed E-state index contributed by atoms with van der Waals surface area (Å²) in [4.78, 5) is 202. The van der Waals surface area contributed by atoms with Gasteiger partial charge in [0.05, 0.1) is 94.7 Å². The topological polar surface area (TPSA) is 709 Å². The molecule has 9 aromatic heterocycles. The number of hydrogen-bond donors (Lipinski definition) is 8. The molecule has 12 N–H and O–H groups in total. The average molecular weight is 1960 g/mol. The van der Waals surface area contributed by atoms with Crippen molar-refractivity contribution >= 4 is 169 Å². The van der Waals surface area contributed by atoms with Gasteiger partial charge in [-0.25, -0.2) is 49.3 Å². The number of fused-ring (bicyclic) bond motifs is 3. The number of rotatable bonds is 33. The lowest BCUT2D eigenvalue weighted by atomic mass is 10.2. The zero-order chi connectivity index (χ0) is 88.8. The number of aromatic nitrogens is 18. The Balaban J connectivity index is 0.636. The second kappa shape index (κ2) is 36.6. The normalized spacial score (nSPS) is 29.6. The Morgan fingerprint density at radius 3 is 1.21 bits per heavy atom. The summed E-state index contributed by atoms with van der Waals surface area (Å²) < 4.78 is 124. The lowest BCUT2D eigenvalue weighted by molar-refractivity contribution is -0.221. The number of nitrogens with one attached hydrogen (secondary N) is 3. The summed E-state index contributed by atoms with van der Waals surface area (Å²) in [6, 6.07) is 0. The van der Waals surface area contributed by atoms with E-state index in [9.17, 15) is 62.7 Å². The molecule has 0 amide bonds. The highest BCUT2D eigenvalue weighted by Gasteiger charge is 2.48. The summed E-state index contributed by atoms with van der Waals surface area (Å²) in [6.45, 7) is -26.9. The van der Waals surface area contributed by atoms with Gasteiger partial charge in [-0.3, -0.25) is 61.3 Å². The lowest BCUT2D eigenvalue weighted by Crippen LogP contribution is -2.34. The molecule has 6 saturated heterocycles. The summed E-state index contributed by atoms with van der Waals surface area (Å²) in [5.74, 6) is -0.309. The second-order valence-corrected chi connectivity index (χ2v) is 44.9. The summed E-state index contributed by atoms with van der Waals surface area (Å²) in [5, 5.41) is 0. The van der Waals surface area contributed by atoms with Crippen molar-refractivity contribution in [2.24, 2.45) is 0 Å². The first-order valence-corrected chi connectivity index (χ1v) is 52.2. The van der Waals surface area contributed by atoms with Crippen LogP contribution in [0.2, 0.25) is 0 Å². The predicted octanol–water partition coefficient (Wildman–Crippen LogP) is -2.88. The number of imidazole rings is 3. The van der Waals surface area contributed by atoms with E-state index in [1.165, 1.54) is 65.3 Å². The molecule has 15 rings (SSSR count). The fourth-order valence-electron chi connectivity index (χ4n) is 14.4. The first kappa shape index (κ1) is 92.5. The van der Waals surface area contributed by atoms with E-state index in [0.29, 0.717) is 5.56 Å². The van der Waals surface area contributed by atoms with Gasteiger partial charge in [0, 0.05) is 73.8 Å². The van der Waals surface area contributed by atoms with Crippen molar-refractivity contribution in [1.82, 2.24) is 87.2 Å². The van der Waals surface area contributed by atoms with Crippen molar-refractivity contribution in [2.75, 3.05) is 56.0 Å². The van der Waals surface area contributed by atoms with E-state index in [1.54, 1.807) is 13.8 Å². The van der Waals surface area contributed by atoms with Crippen LogP contribution in [0.3, 0.4) is 0 Å². The minimum atomic E-state index is -4.95. The van der Waals surface area contributed by atoms with Crippen LogP contribution in [0, 0.1) is 20.8 Å². The second-order valence-electron chi connectivity index (χ2n) is 28.8. The molecule has 52 nitrogen and oxygen atoms in total. The summed E-state index contributed by atoms with van der Waals surface area (Å²) in [7, 11) is 0. The lowest BCUT2D eigenvalue weighted by Gasteiger charge is -2.36. The highest BCUT2D eigenvalue weighted by molar-refractivity contribution is 8.32. The van der Waals surface area contributed by atoms with Crippen LogP contribution < -0.4 is 81.1 Å². The van der Waals surface area contributed by atoms with Crippen LogP contribution in [0.15, 0.2) is 79.0 Å². The van der Waals surface area contributed by atoms with Gasteiger partial charge >= 0.3 is 17.1 Å². The van der Waals surface area contributed by atoms with E-state index in [4.69, 9.17) is 161 Å². The van der Waals surface area contributed by atoms with Gasteiger partial charge < -0.3 is 143 Å². The van der Waals surface area contributed by atoms with Crippen LogP contribution in [0.5, 0.6) is 0 Å². The highest BCUT2D eigenvalue weighted by atomic mass is 32.7. The molecule has 0 aromatic carbocycles. The van der Waals surface area contributed by atoms with Crippen LogP contribution in [-0.4, -0.2) is 198 Å². The van der Waals surface area contributed by atoms with Gasteiger partial charge in [0.15, 0.2) is 40.9 Å². The number of aromatic amines is 3. The minimum absolute atomic E-state index is 0.0133. The molecule has 0 bridgehead atoms. The molecule has 24 atom stereocenters. The van der Waals surface area contributed by atoms with E-state index in [0.717, 1.165) is 26.2 Å². The quantitative estimate of drug-likeness (QED) is 0.0151. The van der Waals surface area contributed by atoms with Gasteiger partial charge in [-0.2, -0.15) is 9.97 Å². The fourth-order valence-corrected chi connectivity index (χ4v) is 22.6. The first-order valence-electron chi connectivity index (χ1n) is 36.8. The van der Waals surface area contributed by atoms with Crippen molar-refractivity contribution in [3.05, 3.63) is 129 Å². The molecular weight excluding hydrogens is 1890 g/mol. The molecular formula is C60H72N22O30P6S6-6. The van der Waals surface area contributed by atoms with E-state index < -0.39 is 224 Å². The molecule has 64 heteroatoms. The highest BCUT2D eigenvalue weighted by Crippen LogP contribution is 2.56. The molecule has 6 aliphatic rings. The molecule has 12 unspecified atom stereocenters. The number of ether oxygens (including phenoxy) is 6. The summed E-state index contributed by atoms with van der Waals surface area (Å²) in [6.07, 6.45) is -15.3. The zero-order valence-corrected chi connectivity index (χ0v) is 74.5. The molecule has 15 heterocycles. The number of nitrogen functional groups attached to an aromatic ring is 4. The molecule has 0 radical (unpaired) electrons. The van der Waals surface area contributed by atoms with Crippen LogP contribution in [0.4, 0.5) is 23.4 Å². The molecule has 0 saturated carbocycles. The van der Waals surface area contributed by atoms with E-state index >= 15 is 0 Å². The van der Waals surface area contributed by atoms with E-state index in [-0.39, 0.29) is 100 Å².